The standard InChI is InChI=1S/C22H26N4O/c1-17-4-3-5-18(2)22(17)24-21(27)16-26-12-10-25(11-13-26)15-20-8-6-19(14-23)7-9-20/h3-9H,10-13,15-16H2,1-2H3,(H,24,27)/p+2. The number of anilines is 1. The van der Waals surface area contributed by atoms with Gasteiger partial charge in [0.05, 0.1) is 11.6 Å². The third kappa shape index (κ3) is 5.16. The van der Waals surface area contributed by atoms with Gasteiger partial charge in [0.15, 0.2) is 6.54 Å². The van der Waals surface area contributed by atoms with Gasteiger partial charge in [0, 0.05) is 11.3 Å². The number of rotatable bonds is 5. The fourth-order valence-electron chi connectivity index (χ4n) is 3.72. The lowest BCUT2D eigenvalue weighted by atomic mass is 10.1. The molecular weight excluding hydrogens is 336 g/mol. The maximum absolute atomic E-state index is 12.5. The van der Waals surface area contributed by atoms with Gasteiger partial charge in [-0.25, -0.2) is 0 Å². The van der Waals surface area contributed by atoms with E-state index in [0.29, 0.717) is 12.1 Å². The summed E-state index contributed by atoms with van der Waals surface area (Å²) >= 11 is 0. The van der Waals surface area contributed by atoms with Crippen molar-refractivity contribution >= 4 is 11.6 Å². The minimum absolute atomic E-state index is 0.0953. The Morgan fingerprint density at radius 3 is 2.19 bits per heavy atom. The summed E-state index contributed by atoms with van der Waals surface area (Å²) in [6, 6.07) is 16.1. The molecule has 0 aromatic heterocycles. The number of amides is 1. The van der Waals surface area contributed by atoms with Crippen LogP contribution in [0, 0.1) is 25.2 Å². The van der Waals surface area contributed by atoms with E-state index in [1.807, 2.05) is 56.3 Å². The van der Waals surface area contributed by atoms with E-state index >= 15 is 0 Å². The Morgan fingerprint density at radius 1 is 1.00 bits per heavy atom. The Kier molecular flexibility index (Phi) is 6.23. The van der Waals surface area contributed by atoms with Gasteiger partial charge < -0.3 is 15.1 Å². The highest BCUT2D eigenvalue weighted by Gasteiger charge is 2.25. The summed E-state index contributed by atoms with van der Waals surface area (Å²) in [7, 11) is 0. The number of aryl methyl sites for hydroxylation is 2. The predicted octanol–water partition coefficient (Wildman–Crippen LogP) is 0.0972. The van der Waals surface area contributed by atoms with Crippen LogP contribution in [0.25, 0.3) is 0 Å². The largest absolute Gasteiger partial charge is 0.322 e. The van der Waals surface area contributed by atoms with Crippen LogP contribution in [0.2, 0.25) is 0 Å². The van der Waals surface area contributed by atoms with Crippen LogP contribution in [-0.2, 0) is 11.3 Å². The van der Waals surface area contributed by atoms with Gasteiger partial charge in [-0.05, 0) is 37.1 Å². The van der Waals surface area contributed by atoms with Crippen molar-refractivity contribution in [2.45, 2.75) is 20.4 Å². The third-order valence-corrected chi connectivity index (χ3v) is 5.36. The molecule has 27 heavy (non-hydrogen) atoms. The Balaban J connectivity index is 1.46. The first-order valence-corrected chi connectivity index (χ1v) is 9.57. The second-order valence-corrected chi connectivity index (χ2v) is 7.48. The van der Waals surface area contributed by atoms with Gasteiger partial charge in [0.2, 0.25) is 0 Å². The van der Waals surface area contributed by atoms with Crippen LogP contribution in [-0.4, -0.2) is 38.6 Å². The maximum Gasteiger partial charge on any atom is 0.279 e. The molecule has 1 saturated heterocycles. The zero-order valence-electron chi connectivity index (χ0n) is 16.1. The maximum atomic E-state index is 12.5. The number of para-hydroxylation sites is 1. The molecule has 0 unspecified atom stereocenters. The normalized spacial score (nSPS) is 19.3. The number of nitrogens with one attached hydrogen (secondary N) is 3. The van der Waals surface area contributed by atoms with Crippen molar-refractivity contribution in [2.75, 3.05) is 38.0 Å². The molecule has 0 atom stereocenters. The highest BCUT2D eigenvalue weighted by molar-refractivity contribution is 5.93. The number of benzene rings is 2. The van der Waals surface area contributed by atoms with Gasteiger partial charge >= 0.3 is 0 Å². The van der Waals surface area contributed by atoms with Crippen molar-refractivity contribution < 1.29 is 14.6 Å². The number of hydrogen-bond donors (Lipinski definition) is 3. The summed E-state index contributed by atoms with van der Waals surface area (Å²) in [6.07, 6.45) is 0. The minimum atomic E-state index is 0.0953. The number of carbonyl (C=O) groups excluding carboxylic acids is 1. The van der Waals surface area contributed by atoms with E-state index in [1.54, 1.807) is 4.90 Å². The van der Waals surface area contributed by atoms with Crippen molar-refractivity contribution in [3.05, 3.63) is 64.7 Å². The average Bonchev–Trinajstić information content (AvgIpc) is 2.67. The summed E-state index contributed by atoms with van der Waals surface area (Å²) in [4.78, 5) is 15.3. The van der Waals surface area contributed by atoms with Crippen molar-refractivity contribution in [3.63, 3.8) is 0 Å². The number of nitriles is 1. The molecule has 1 aliphatic rings. The van der Waals surface area contributed by atoms with Gasteiger partial charge in [-0.3, -0.25) is 4.79 Å². The molecule has 0 bridgehead atoms. The van der Waals surface area contributed by atoms with E-state index in [1.165, 1.54) is 10.5 Å². The van der Waals surface area contributed by atoms with E-state index in [4.69, 9.17) is 5.26 Å². The van der Waals surface area contributed by atoms with Gasteiger partial charge in [0.25, 0.3) is 5.91 Å². The SMILES string of the molecule is Cc1cccc(C)c1NC(=O)C[NH+]1CC[NH+](Cc2ccc(C#N)cc2)CC1. The van der Waals surface area contributed by atoms with Crippen LogP contribution in [0.4, 0.5) is 5.69 Å². The summed E-state index contributed by atoms with van der Waals surface area (Å²) in [5, 5.41) is 12.0. The molecule has 3 N–H and O–H groups in total. The lowest BCUT2D eigenvalue weighted by molar-refractivity contribution is -1.02. The zero-order chi connectivity index (χ0) is 19.2. The number of hydrogen-bond acceptors (Lipinski definition) is 2. The van der Waals surface area contributed by atoms with Crippen LogP contribution in [0.15, 0.2) is 42.5 Å². The Labute approximate surface area is 161 Å². The van der Waals surface area contributed by atoms with Crippen LogP contribution in [0.1, 0.15) is 22.3 Å². The molecule has 2 aromatic carbocycles. The Bertz CT molecular complexity index is 810. The molecule has 0 aliphatic carbocycles. The topological polar surface area (TPSA) is 61.8 Å². The second-order valence-electron chi connectivity index (χ2n) is 7.48. The molecule has 1 heterocycles. The molecule has 140 valence electrons. The van der Waals surface area contributed by atoms with E-state index in [9.17, 15) is 4.79 Å². The first-order valence-electron chi connectivity index (χ1n) is 9.57. The van der Waals surface area contributed by atoms with Crippen molar-refractivity contribution in [2.24, 2.45) is 0 Å². The lowest BCUT2D eigenvalue weighted by Gasteiger charge is -2.29. The molecule has 1 fully saturated rings. The fraction of sp³-hybridized carbons (Fsp3) is 0.364. The van der Waals surface area contributed by atoms with Crippen molar-refractivity contribution in [1.29, 1.82) is 5.26 Å². The molecule has 0 spiro atoms. The Morgan fingerprint density at radius 2 is 1.59 bits per heavy atom. The summed E-state index contributed by atoms with van der Waals surface area (Å²) in [5.41, 5.74) is 5.13. The van der Waals surface area contributed by atoms with E-state index in [2.05, 4.69) is 11.4 Å². The minimum Gasteiger partial charge on any atom is -0.322 e. The molecule has 0 saturated carbocycles. The van der Waals surface area contributed by atoms with Crippen molar-refractivity contribution in [3.8, 4) is 6.07 Å². The molecule has 1 amide bonds. The van der Waals surface area contributed by atoms with Gasteiger partial charge in [-0.2, -0.15) is 5.26 Å². The molecule has 5 nitrogen and oxygen atoms in total. The summed E-state index contributed by atoms with van der Waals surface area (Å²) in [5.74, 6) is 0.0953. The van der Waals surface area contributed by atoms with E-state index in [-0.39, 0.29) is 5.91 Å². The zero-order valence-corrected chi connectivity index (χ0v) is 16.1. The van der Waals surface area contributed by atoms with Gasteiger partial charge in [-0.1, -0.05) is 30.3 Å². The molecular formula is C22H28N4O+2. The van der Waals surface area contributed by atoms with Gasteiger partial charge in [-0.15, -0.1) is 0 Å². The van der Waals surface area contributed by atoms with Gasteiger partial charge in [0.1, 0.15) is 32.7 Å². The quantitative estimate of drug-likeness (QED) is 0.705. The van der Waals surface area contributed by atoms with Crippen LogP contribution in [0.3, 0.4) is 0 Å². The highest BCUT2D eigenvalue weighted by atomic mass is 16.2. The fourth-order valence-corrected chi connectivity index (χ4v) is 3.72. The average molecular weight is 364 g/mol. The number of piperazine rings is 1. The molecule has 1 aliphatic heterocycles. The first kappa shape index (κ1) is 19.1. The number of carbonyl (C=O) groups is 1. The van der Waals surface area contributed by atoms with E-state index in [0.717, 1.165) is 49.5 Å². The highest BCUT2D eigenvalue weighted by Crippen LogP contribution is 2.18. The number of nitrogens with zero attached hydrogens (tertiary/aromatic N) is 1. The third-order valence-electron chi connectivity index (χ3n) is 5.36. The smallest absolute Gasteiger partial charge is 0.279 e. The Hall–Kier alpha value is -2.68. The predicted molar refractivity (Wildman–Crippen MR) is 106 cm³/mol. The molecule has 3 rings (SSSR count). The van der Waals surface area contributed by atoms with Crippen LogP contribution < -0.4 is 15.1 Å². The number of quaternary nitrogens is 2. The monoisotopic (exact) mass is 364 g/mol. The van der Waals surface area contributed by atoms with Crippen LogP contribution >= 0.6 is 0 Å². The van der Waals surface area contributed by atoms with Crippen molar-refractivity contribution in [1.82, 2.24) is 0 Å². The van der Waals surface area contributed by atoms with Crippen LogP contribution in [0.5, 0.6) is 0 Å². The van der Waals surface area contributed by atoms with E-state index < -0.39 is 0 Å². The molecule has 0 radical (unpaired) electrons. The molecule has 5 heteroatoms. The second kappa shape index (κ2) is 8.81. The lowest BCUT2D eigenvalue weighted by Crippen LogP contribution is -3.28. The summed E-state index contributed by atoms with van der Waals surface area (Å²) in [6.45, 7) is 9.70. The molecule has 2 aromatic rings. The first-order chi connectivity index (χ1) is 13.0. The summed E-state index contributed by atoms with van der Waals surface area (Å²) < 4.78 is 0.